The molecule has 0 saturated carbocycles. The summed E-state index contributed by atoms with van der Waals surface area (Å²) in [5.41, 5.74) is -0.390. The number of hydrogen-bond donors (Lipinski definition) is 2. The van der Waals surface area contributed by atoms with Crippen molar-refractivity contribution < 1.29 is 10.0 Å². The molecule has 12 heavy (non-hydrogen) atoms. The second kappa shape index (κ2) is 3.35. The molecule has 1 rings (SSSR count). The number of piperidine rings is 1. The van der Waals surface area contributed by atoms with E-state index in [9.17, 15) is 5.11 Å². The maximum atomic E-state index is 10.2. The second-order valence-corrected chi connectivity index (χ2v) is 4.51. The van der Waals surface area contributed by atoms with E-state index in [0.717, 1.165) is 19.4 Å². The van der Waals surface area contributed by atoms with Crippen LogP contribution in [0.1, 0.15) is 33.6 Å². The normalized spacial score (nSPS) is 49.2. The summed E-state index contributed by atoms with van der Waals surface area (Å²) in [5, 5.41) is 10.2. The summed E-state index contributed by atoms with van der Waals surface area (Å²) in [6.07, 6.45) is 1.85. The highest BCUT2D eigenvalue weighted by Gasteiger charge is 2.41. The van der Waals surface area contributed by atoms with Crippen molar-refractivity contribution in [2.75, 3.05) is 13.6 Å². The Morgan fingerprint density at radius 1 is 1.50 bits per heavy atom. The molecule has 2 nitrogen and oxygen atoms in total. The second-order valence-electron chi connectivity index (χ2n) is 4.51. The standard InChI is InChI=1S/C10H21NO/c1-5-10(12)6-9(3)11(4)7-8(10)2/h8-9,12H,5-7H2,1-4H3/p+1/t8-,9+,10-/m0/s1. The van der Waals surface area contributed by atoms with Crippen LogP contribution < -0.4 is 4.90 Å². The van der Waals surface area contributed by atoms with Gasteiger partial charge in [0.1, 0.15) is 0 Å². The third-order valence-electron chi connectivity index (χ3n) is 3.66. The topological polar surface area (TPSA) is 24.7 Å². The van der Waals surface area contributed by atoms with Gasteiger partial charge in [0, 0.05) is 12.3 Å². The number of nitrogens with one attached hydrogen (secondary N) is 1. The molecule has 72 valence electrons. The van der Waals surface area contributed by atoms with Crippen molar-refractivity contribution >= 4 is 0 Å². The van der Waals surface area contributed by atoms with Crippen LogP contribution >= 0.6 is 0 Å². The van der Waals surface area contributed by atoms with Crippen LogP contribution in [0.3, 0.4) is 0 Å². The van der Waals surface area contributed by atoms with Crippen LogP contribution in [0.2, 0.25) is 0 Å². The molecule has 1 unspecified atom stereocenters. The number of likely N-dealkylation sites (tertiary alicyclic amines) is 1. The third-order valence-corrected chi connectivity index (χ3v) is 3.66. The Labute approximate surface area is 75.6 Å². The van der Waals surface area contributed by atoms with Crippen LogP contribution in [0.25, 0.3) is 0 Å². The minimum atomic E-state index is -0.390. The molecule has 0 aliphatic carbocycles. The lowest BCUT2D eigenvalue weighted by molar-refractivity contribution is -0.916. The molecule has 0 bridgehead atoms. The van der Waals surface area contributed by atoms with Gasteiger partial charge < -0.3 is 10.0 Å². The number of rotatable bonds is 1. The van der Waals surface area contributed by atoms with Gasteiger partial charge in [-0.1, -0.05) is 13.8 Å². The summed E-state index contributed by atoms with van der Waals surface area (Å²) in [5.74, 6) is 0.443. The van der Waals surface area contributed by atoms with Crippen molar-refractivity contribution in [1.82, 2.24) is 0 Å². The van der Waals surface area contributed by atoms with Gasteiger partial charge in [0.25, 0.3) is 0 Å². The van der Waals surface area contributed by atoms with Gasteiger partial charge in [-0.3, -0.25) is 0 Å². The molecule has 0 amide bonds. The molecule has 0 radical (unpaired) electrons. The predicted molar refractivity (Wildman–Crippen MR) is 50.2 cm³/mol. The first-order valence-electron chi connectivity index (χ1n) is 5.04. The van der Waals surface area contributed by atoms with Gasteiger partial charge in [0.2, 0.25) is 0 Å². The van der Waals surface area contributed by atoms with Gasteiger partial charge in [-0.05, 0) is 13.3 Å². The minimum Gasteiger partial charge on any atom is -0.389 e. The van der Waals surface area contributed by atoms with E-state index in [1.165, 1.54) is 0 Å². The van der Waals surface area contributed by atoms with Crippen LogP contribution in [-0.2, 0) is 0 Å². The third kappa shape index (κ3) is 1.64. The first-order valence-corrected chi connectivity index (χ1v) is 5.04. The van der Waals surface area contributed by atoms with Crippen molar-refractivity contribution in [3.05, 3.63) is 0 Å². The van der Waals surface area contributed by atoms with Crippen LogP contribution in [0.4, 0.5) is 0 Å². The van der Waals surface area contributed by atoms with E-state index in [1.54, 1.807) is 4.90 Å². The lowest BCUT2D eigenvalue weighted by atomic mass is 9.77. The monoisotopic (exact) mass is 172 g/mol. The van der Waals surface area contributed by atoms with E-state index in [0.29, 0.717) is 12.0 Å². The molecule has 4 atom stereocenters. The van der Waals surface area contributed by atoms with Crippen molar-refractivity contribution in [3.63, 3.8) is 0 Å². The molecule has 0 spiro atoms. The summed E-state index contributed by atoms with van der Waals surface area (Å²) in [7, 11) is 2.22. The maximum Gasteiger partial charge on any atom is 0.0872 e. The number of aliphatic hydroxyl groups is 1. The van der Waals surface area contributed by atoms with E-state index in [2.05, 4.69) is 27.8 Å². The predicted octanol–water partition coefficient (Wildman–Crippen LogP) is 0.0705. The van der Waals surface area contributed by atoms with Crippen LogP contribution in [-0.4, -0.2) is 30.3 Å². The van der Waals surface area contributed by atoms with Gasteiger partial charge in [-0.15, -0.1) is 0 Å². The molecular formula is C10H22NO+. The molecule has 1 heterocycles. The highest BCUT2D eigenvalue weighted by molar-refractivity contribution is 4.86. The summed E-state index contributed by atoms with van der Waals surface area (Å²) in [6, 6.07) is 0.603. The van der Waals surface area contributed by atoms with E-state index in [1.807, 2.05) is 0 Å². The molecule has 2 heteroatoms. The number of hydrogen-bond acceptors (Lipinski definition) is 1. The van der Waals surface area contributed by atoms with E-state index in [4.69, 9.17) is 0 Å². The zero-order valence-electron chi connectivity index (χ0n) is 8.72. The zero-order chi connectivity index (χ0) is 9.35. The Morgan fingerprint density at radius 3 is 2.58 bits per heavy atom. The van der Waals surface area contributed by atoms with Gasteiger partial charge >= 0.3 is 0 Å². The molecule has 1 aliphatic heterocycles. The summed E-state index contributed by atoms with van der Waals surface area (Å²) in [4.78, 5) is 1.56. The molecule has 0 aromatic carbocycles. The van der Waals surface area contributed by atoms with Gasteiger partial charge in [0.15, 0.2) is 0 Å². The minimum absolute atomic E-state index is 0.390. The largest absolute Gasteiger partial charge is 0.389 e. The average molecular weight is 172 g/mol. The molecule has 1 fully saturated rings. The Hall–Kier alpha value is -0.0800. The van der Waals surface area contributed by atoms with Gasteiger partial charge in [-0.25, -0.2) is 0 Å². The van der Waals surface area contributed by atoms with Gasteiger partial charge in [0.05, 0.1) is 25.2 Å². The van der Waals surface area contributed by atoms with Crippen molar-refractivity contribution in [2.45, 2.75) is 45.3 Å². The average Bonchev–Trinajstić information content (AvgIpc) is 2.01. The van der Waals surface area contributed by atoms with E-state index < -0.39 is 0 Å². The summed E-state index contributed by atoms with van der Waals surface area (Å²) < 4.78 is 0. The lowest BCUT2D eigenvalue weighted by Gasteiger charge is -2.42. The Bertz CT molecular complexity index is 160. The van der Waals surface area contributed by atoms with E-state index >= 15 is 0 Å². The highest BCUT2D eigenvalue weighted by Crippen LogP contribution is 2.27. The first kappa shape index (κ1) is 10.0. The van der Waals surface area contributed by atoms with Crippen LogP contribution in [0.5, 0.6) is 0 Å². The van der Waals surface area contributed by atoms with Crippen LogP contribution in [0.15, 0.2) is 0 Å². The molecule has 1 saturated heterocycles. The van der Waals surface area contributed by atoms with Crippen molar-refractivity contribution in [3.8, 4) is 0 Å². The summed E-state index contributed by atoms with van der Waals surface area (Å²) in [6.45, 7) is 7.58. The molecular weight excluding hydrogens is 150 g/mol. The molecule has 1 aliphatic rings. The Morgan fingerprint density at radius 2 is 2.08 bits per heavy atom. The van der Waals surface area contributed by atoms with Crippen LogP contribution in [0, 0.1) is 5.92 Å². The first-order chi connectivity index (χ1) is 5.49. The smallest absolute Gasteiger partial charge is 0.0872 e. The van der Waals surface area contributed by atoms with Gasteiger partial charge in [-0.2, -0.15) is 0 Å². The molecule has 0 aromatic heterocycles. The number of quaternary nitrogens is 1. The Kier molecular flexibility index (Phi) is 2.79. The fourth-order valence-electron chi connectivity index (χ4n) is 2.27. The fourth-order valence-corrected chi connectivity index (χ4v) is 2.27. The molecule has 2 N–H and O–H groups in total. The van der Waals surface area contributed by atoms with Crippen molar-refractivity contribution in [2.24, 2.45) is 5.92 Å². The summed E-state index contributed by atoms with van der Waals surface area (Å²) >= 11 is 0. The lowest BCUT2D eigenvalue weighted by Crippen LogP contribution is -3.15. The zero-order valence-corrected chi connectivity index (χ0v) is 8.72. The highest BCUT2D eigenvalue weighted by atomic mass is 16.3. The van der Waals surface area contributed by atoms with Crippen molar-refractivity contribution in [1.29, 1.82) is 0 Å². The maximum absolute atomic E-state index is 10.2. The molecule has 0 aromatic rings. The van der Waals surface area contributed by atoms with E-state index in [-0.39, 0.29) is 5.60 Å². The fraction of sp³-hybridized carbons (Fsp3) is 1.00. The SMILES string of the molecule is CC[C@]1(O)C[C@@H](C)[NH+](C)C[C@@H]1C. The Balaban J connectivity index is 2.67. The quantitative estimate of drug-likeness (QED) is 0.575.